The third-order valence-electron chi connectivity index (χ3n) is 4.80. The summed E-state index contributed by atoms with van der Waals surface area (Å²) in [4.78, 5) is 26.6. The number of aromatic nitrogens is 4. The smallest absolute Gasteiger partial charge is 0.341 e. The number of carbonyl (C=O) groups excluding carboxylic acids is 2. The molecule has 0 fully saturated rings. The number of thiophene rings is 2. The van der Waals surface area contributed by atoms with E-state index in [1.807, 2.05) is 36.7 Å². The van der Waals surface area contributed by atoms with Crippen LogP contribution in [0.5, 0.6) is 5.75 Å². The van der Waals surface area contributed by atoms with Gasteiger partial charge in [0.15, 0.2) is 5.82 Å². The molecule has 0 aliphatic heterocycles. The molecule has 3 aromatic heterocycles. The van der Waals surface area contributed by atoms with Crippen molar-refractivity contribution < 1.29 is 19.1 Å². The van der Waals surface area contributed by atoms with Crippen molar-refractivity contribution in [1.82, 2.24) is 20.2 Å². The molecule has 9 nitrogen and oxygen atoms in total. The number of tetrazole rings is 1. The highest BCUT2D eigenvalue weighted by molar-refractivity contribution is 7.17. The third kappa shape index (κ3) is 5.15. The molecule has 0 aliphatic carbocycles. The molecule has 0 saturated heterocycles. The molecule has 0 atom stereocenters. The van der Waals surface area contributed by atoms with E-state index in [9.17, 15) is 9.59 Å². The van der Waals surface area contributed by atoms with E-state index < -0.39 is 5.97 Å². The zero-order chi connectivity index (χ0) is 24.1. The second-order valence-corrected chi connectivity index (χ2v) is 9.28. The summed E-state index contributed by atoms with van der Waals surface area (Å²) < 4.78 is 12.7. The Kier molecular flexibility index (Phi) is 7.33. The molecule has 3 heterocycles. The van der Waals surface area contributed by atoms with Crippen LogP contribution in [-0.2, 0) is 11.3 Å². The normalized spacial score (nSPS) is 10.9. The van der Waals surface area contributed by atoms with Crippen molar-refractivity contribution in [2.24, 2.45) is 0 Å². The van der Waals surface area contributed by atoms with E-state index >= 15 is 0 Å². The van der Waals surface area contributed by atoms with Gasteiger partial charge in [-0.2, -0.15) is 0 Å². The topological polar surface area (TPSA) is 108 Å². The van der Waals surface area contributed by atoms with E-state index in [2.05, 4.69) is 20.8 Å². The van der Waals surface area contributed by atoms with Crippen LogP contribution in [0.2, 0.25) is 0 Å². The summed E-state index contributed by atoms with van der Waals surface area (Å²) >= 11 is 2.80. The number of anilines is 1. The van der Waals surface area contributed by atoms with Crippen LogP contribution in [0.25, 0.3) is 10.4 Å². The number of esters is 1. The van der Waals surface area contributed by atoms with Crippen molar-refractivity contribution in [3.8, 4) is 16.2 Å². The van der Waals surface area contributed by atoms with Gasteiger partial charge in [-0.25, -0.2) is 9.48 Å². The lowest BCUT2D eigenvalue weighted by atomic mass is 10.1. The zero-order valence-corrected chi connectivity index (χ0v) is 20.5. The Morgan fingerprint density at radius 2 is 2.03 bits per heavy atom. The first-order valence-electron chi connectivity index (χ1n) is 10.6. The van der Waals surface area contributed by atoms with E-state index in [1.54, 1.807) is 35.9 Å². The molecule has 1 aromatic carbocycles. The quantitative estimate of drug-likeness (QED) is 0.322. The maximum absolute atomic E-state index is 13.0. The van der Waals surface area contributed by atoms with Crippen molar-refractivity contribution >= 4 is 39.6 Å². The fourth-order valence-corrected chi connectivity index (χ4v) is 4.99. The number of benzene rings is 1. The van der Waals surface area contributed by atoms with Gasteiger partial charge in [0.1, 0.15) is 22.9 Å². The predicted molar refractivity (Wildman–Crippen MR) is 131 cm³/mol. The van der Waals surface area contributed by atoms with Gasteiger partial charge in [-0.05, 0) is 60.8 Å². The summed E-state index contributed by atoms with van der Waals surface area (Å²) in [5, 5.41) is 18.7. The van der Waals surface area contributed by atoms with Crippen LogP contribution in [0.3, 0.4) is 0 Å². The van der Waals surface area contributed by atoms with Gasteiger partial charge in [-0.15, -0.1) is 27.8 Å². The molecule has 1 amide bonds. The highest BCUT2D eigenvalue weighted by Gasteiger charge is 2.23. The van der Waals surface area contributed by atoms with E-state index in [0.29, 0.717) is 27.7 Å². The number of hydrogen-bond donors (Lipinski definition) is 1. The molecule has 34 heavy (non-hydrogen) atoms. The second-order valence-electron chi connectivity index (χ2n) is 7.46. The Morgan fingerprint density at radius 1 is 1.18 bits per heavy atom. The van der Waals surface area contributed by atoms with Crippen molar-refractivity contribution in [1.29, 1.82) is 0 Å². The van der Waals surface area contributed by atoms with Crippen LogP contribution in [0.4, 0.5) is 5.00 Å². The molecule has 11 heteroatoms. The standard InChI is InChI=1S/C23H23N5O4S2/c1-4-31-23(30)20-17(18-9-6-10-33-18)13-34-22(20)24-21(29)15-7-5-8-16(11-15)32-12-19-25-26-27-28(19)14(2)3/h5-11,13-14H,4,12H2,1-3H3,(H,24,29). The molecule has 1 N–H and O–H groups in total. The van der Waals surface area contributed by atoms with Crippen molar-refractivity contribution in [3.05, 3.63) is 64.1 Å². The Hall–Kier alpha value is -3.57. The van der Waals surface area contributed by atoms with Crippen LogP contribution in [-0.4, -0.2) is 38.7 Å². The SMILES string of the molecule is CCOC(=O)c1c(-c2cccs2)csc1NC(=O)c1cccc(OCc2nnnn2C(C)C)c1. The van der Waals surface area contributed by atoms with Crippen LogP contribution in [0.1, 0.15) is 53.4 Å². The first kappa shape index (κ1) is 23.6. The van der Waals surface area contributed by atoms with E-state index in [1.165, 1.54) is 22.7 Å². The summed E-state index contributed by atoms with van der Waals surface area (Å²) in [6, 6.07) is 10.7. The Balaban J connectivity index is 1.52. The predicted octanol–water partition coefficient (Wildman–Crippen LogP) is 5.05. The molecule has 0 unspecified atom stereocenters. The summed E-state index contributed by atoms with van der Waals surface area (Å²) in [7, 11) is 0. The van der Waals surface area contributed by atoms with Crippen molar-refractivity contribution in [2.45, 2.75) is 33.4 Å². The highest BCUT2D eigenvalue weighted by atomic mass is 32.1. The zero-order valence-electron chi connectivity index (χ0n) is 18.8. The summed E-state index contributed by atoms with van der Waals surface area (Å²) in [6.07, 6.45) is 0. The molecule has 4 aromatic rings. The molecule has 0 bridgehead atoms. The van der Waals surface area contributed by atoms with Crippen LogP contribution < -0.4 is 10.1 Å². The fourth-order valence-electron chi connectivity index (χ4n) is 3.23. The average Bonchev–Trinajstić information content (AvgIpc) is 3.58. The first-order chi connectivity index (χ1) is 16.5. The molecule has 0 saturated carbocycles. The van der Waals surface area contributed by atoms with Crippen LogP contribution in [0.15, 0.2) is 47.2 Å². The van der Waals surface area contributed by atoms with Gasteiger partial charge in [0, 0.05) is 21.4 Å². The van der Waals surface area contributed by atoms with Crippen molar-refractivity contribution in [3.63, 3.8) is 0 Å². The Bertz CT molecular complexity index is 1280. The monoisotopic (exact) mass is 497 g/mol. The molecule has 4 rings (SSSR count). The number of ether oxygens (including phenoxy) is 2. The van der Waals surface area contributed by atoms with Gasteiger partial charge >= 0.3 is 5.97 Å². The first-order valence-corrected chi connectivity index (χ1v) is 12.4. The molecule has 176 valence electrons. The Labute approximate surface area is 204 Å². The highest BCUT2D eigenvalue weighted by Crippen LogP contribution is 2.38. The lowest BCUT2D eigenvalue weighted by Crippen LogP contribution is -2.15. The molecule has 0 aliphatic rings. The van der Waals surface area contributed by atoms with E-state index in [-0.39, 0.29) is 25.2 Å². The second kappa shape index (κ2) is 10.6. The number of nitrogens with one attached hydrogen (secondary N) is 1. The molecular formula is C23H23N5O4S2. The number of nitrogens with zero attached hydrogens (tertiary/aromatic N) is 4. The lowest BCUT2D eigenvalue weighted by molar-refractivity contribution is 0.0529. The fraction of sp³-hybridized carbons (Fsp3) is 0.261. The van der Waals surface area contributed by atoms with Gasteiger partial charge in [0.2, 0.25) is 0 Å². The van der Waals surface area contributed by atoms with Gasteiger partial charge in [0.05, 0.1) is 12.6 Å². The lowest BCUT2D eigenvalue weighted by Gasteiger charge is -2.11. The van der Waals surface area contributed by atoms with Crippen molar-refractivity contribution in [2.75, 3.05) is 11.9 Å². The minimum Gasteiger partial charge on any atom is -0.486 e. The third-order valence-corrected chi connectivity index (χ3v) is 6.60. The molecule has 0 radical (unpaired) electrons. The van der Waals surface area contributed by atoms with E-state index in [0.717, 1.165) is 10.4 Å². The maximum Gasteiger partial charge on any atom is 0.341 e. The van der Waals surface area contributed by atoms with Gasteiger partial charge in [-0.1, -0.05) is 12.1 Å². The number of hydrogen-bond acceptors (Lipinski definition) is 9. The average molecular weight is 498 g/mol. The number of amides is 1. The van der Waals surface area contributed by atoms with Gasteiger partial charge in [0.25, 0.3) is 5.91 Å². The summed E-state index contributed by atoms with van der Waals surface area (Å²) in [5.41, 5.74) is 1.49. The minimum atomic E-state index is -0.470. The van der Waals surface area contributed by atoms with Crippen LogP contribution >= 0.6 is 22.7 Å². The minimum absolute atomic E-state index is 0.101. The van der Waals surface area contributed by atoms with Gasteiger partial charge in [-0.3, -0.25) is 4.79 Å². The van der Waals surface area contributed by atoms with Gasteiger partial charge < -0.3 is 14.8 Å². The largest absolute Gasteiger partial charge is 0.486 e. The maximum atomic E-state index is 13.0. The number of rotatable bonds is 9. The Morgan fingerprint density at radius 3 is 2.76 bits per heavy atom. The number of carbonyl (C=O) groups is 2. The van der Waals surface area contributed by atoms with E-state index in [4.69, 9.17) is 9.47 Å². The summed E-state index contributed by atoms with van der Waals surface area (Å²) in [6.45, 7) is 6.11. The molecule has 0 spiro atoms. The van der Waals surface area contributed by atoms with Crippen LogP contribution in [0, 0.1) is 0 Å². The summed E-state index contributed by atoms with van der Waals surface area (Å²) in [5.74, 6) is 0.260. The molecular weight excluding hydrogens is 474 g/mol.